The Hall–Kier alpha value is -3.86. The van der Waals surface area contributed by atoms with E-state index in [9.17, 15) is 19.2 Å². The van der Waals surface area contributed by atoms with Gasteiger partial charge < -0.3 is 8.83 Å². The predicted molar refractivity (Wildman–Crippen MR) is 127 cm³/mol. The molecule has 0 aliphatic heterocycles. The molecule has 0 bridgehead atoms. The monoisotopic (exact) mass is 467 g/mol. The topological polar surface area (TPSA) is 118 Å². The van der Waals surface area contributed by atoms with Crippen LogP contribution >= 0.6 is 0 Å². The Kier molecular flexibility index (Phi) is 4.73. The van der Waals surface area contributed by atoms with E-state index >= 15 is 0 Å². The Balaban J connectivity index is 1.98. The number of hydrogen-bond donors (Lipinski definition) is 0. The lowest BCUT2D eigenvalue weighted by molar-refractivity contribution is 0.202. The molecule has 1 aliphatic rings. The van der Waals surface area contributed by atoms with Gasteiger partial charge in [-0.15, -0.1) is 0 Å². The van der Waals surface area contributed by atoms with Gasteiger partial charge in [0.1, 0.15) is 28.3 Å². The van der Waals surface area contributed by atoms with Crippen molar-refractivity contribution < 1.29 is 8.83 Å². The van der Waals surface area contributed by atoms with Crippen LogP contribution in [0.25, 0.3) is 34.4 Å². The second kappa shape index (κ2) is 7.32. The Labute approximate surface area is 192 Å². The number of aromatic nitrogens is 4. The summed E-state index contributed by atoms with van der Waals surface area (Å²) in [6.07, 6.45) is 3.43. The third-order valence-electron chi connectivity index (χ3n) is 6.80. The van der Waals surface area contributed by atoms with Crippen LogP contribution < -0.4 is 22.5 Å². The quantitative estimate of drug-likeness (QED) is 0.439. The molecule has 0 amide bonds. The van der Waals surface area contributed by atoms with Gasteiger partial charge in [0, 0.05) is 39.3 Å². The van der Waals surface area contributed by atoms with Gasteiger partial charge in [-0.1, -0.05) is 13.8 Å². The maximum absolute atomic E-state index is 13.1. The van der Waals surface area contributed by atoms with E-state index < -0.39 is 28.5 Å². The molecule has 5 rings (SSSR count). The Morgan fingerprint density at radius 2 is 1.09 bits per heavy atom. The molecular weight excluding hydrogens is 442 g/mol. The van der Waals surface area contributed by atoms with Crippen LogP contribution in [0.15, 0.2) is 28.0 Å². The number of furan rings is 2. The zero-order valence-corrected chi connectivity index (χ0v) is 19.8. The first-order valence-corrected chi connectivity index (χ1v) is 11.0. The van der Waals surface area contributed by atoms with Crippen molar-refractivity contribution in [1.29, 1.82) is 0 Å². The number of nitrogens with zero attached hydrogens (tertiary/aromatic N) is 5. The smallest absolute Gasteiger partial charge is 0.333 e. The number of fused-ring (bicyclic) bond motifs is 6. The van der Waals surface area contributed by atoms with Crippen molar-refractivity contribution in [2.45, 2.75) is 19.9 Å². The molecule has 34 heavy (non-hydrogen) atoms. The Morgan fingerprint density at radius 1 is 0.706 bits per heavy atom. The summed E-state index contributed by atoms with van der Waals surface area (Å²) in [6.45, 7) is 5.19. The van der Waals surface area contributed by atoms with E-state index in [4.69, 9.17) is 8.83 Å². The van der Waals surface area contributed by atoms with Crippen LogP contribution in [0.5, 0.6) is 0 Å². The summed E-state index contributed by atoms with van der Waals surface area (Å²) in [6, 6.07) is -0.589. The molecule has 4 heterocycles. The van der Waals surface area contributed by atoms with E-state index in [-0.39, 0.29) is 22.2 Å². The summed E-state index contributed by atoms with van der Waals surface area (Å²) in [4.78, 5) is 53.3. The fraction of sp³-hybridized carbons (Fsp3) is 0.391. The average molecular weight is 467 g/mol. The van der Waals surface area contributed by atoms with Gasteiger partial charge in [-0.3, -0.25) is 32.8 Å². The second-order valence-electron chi connectivity index (χ2n) is 8.49. The van der Waals surface area contributed by atoms with Crippen LogP contribution in [0.1, 0.15) is 42.5 Å². The maximum Gasteiger partial charge on any atom is 0.333 e. The van der Waals surface area contributed by atoms with E-state index in [1.165, 1.54) is 23.2 Å². The summed E-state index contributed by atoms with van der Waals surface area (Å²) < 4.78 is 17.1. The van der Waals surface area contributed by atoms with Gasteiger partial charge in [-0.2, -0.15) is 0 Å². The molecule has 0 saturated carbocycles. The van der Waals surface area contributed by atoms with Gasteiger partial charge in [0.05, 0.1) is 0 Å². The Morgan fingerprint density at radius 3 is 1.44 bits per heavy atom. The van der Waals surface area contributed by atoms with Crippen LogP contribution in [0, 0.1) is 0 Å². The van der Waals surface area contributed by atoms with Gasteiger partial charge in [-0.25, -0.2) is 9.59 Å². The number of hydrogen-bond acceptors (Lipinski definition) is 7. The van der Waals surface area contributed by atoms with Gasteiger partial charge in [0.15, 0.2) is 0 Å². The van der Waals surface area contributed by atoms with E-state index in [0.29, 0.717) is 35.7 Å². The molecule has 0 atom stereocenters. The van der Waals surface area contributed by atoms with Crippen LogP contribution in [0.4, 0.5) is 0 Å². The SMILES string of the molecule is CCN(CC)C1c2oc3c(c2C=Cc2c1oc1c2c(=O)n(C)c(=O)n1C)c(=O)n(C)c(=O)n3C. The minimum Gasteiger partial charge on any atom is -0.441 e. The van der Waals surface area contributed by atoms with Crippen molar-refractivity contribution in [1.82, 2.24) is 23.2 Å². The molecule has 178 valence electrons. The third-order valence-corrected chi connectivity index (χ3v) is 6.80. The lowest BCUT2D eigenvalue weighted by atomic mass is 10.0. The standard InChI is InChI=1S/C23H25N5O6/c1-7-28(8-2)15-16-11(13-18(29)24(3)22(31)26(5)20(13)33-16)9-10-12-14-19(30)25(4)23(32)27(6)21(14)34-17(12)15/h9-10,15H,7-8H2,1-6H3. The average Bonchev–Trinajstić information content (AvgIpc) is 3.35. The van der Waals surface area contributed by atoms with Gasteiger partial charge in [0.25, 0.3) is 11.1 Å². The summed E-state index contributed by atoms with van der Waals surface area (Å²) in [5.74, 6) is 0.876. The normalized spacial score (nSPS) is 13.7. The molecule has 11 heteroatoms. The summed E-state index contributed by atoms with van der Waals surface area (Å²) in [7, 11) is 5.95. The molecule has 4 aromatic rings. The van der Waals surface area contributed by atoms with Gasteiger partial charge in [-0.05, 0) is 25.2 Å². The highest BCUT2D eigenvalue weighted by Crippen LogP contribution is 2.43. The summed E-state index contributed by atoms with van der Waals surface area (Å²) >= 11 is 0. The van der Waals surface area contributed by atoms with E-state index in [2.05, 4.69) is 4.90 Å². The highest BCUT2D eigenvalue weighted by atomic mass is 16.4. The largest absolute Gasteiger partial charge is 0.441 e. The van der Waals surface area contributed by atoms with Crippen LogP contribution in [-0.2, 0) is 28.2 Å². The van der Waals surface area contributed by atoms with Crippen LogP contribution in [-0.4, -0.2) is 36.3 Å². The molecular formula is C23H25N5O6. The van der Waals surface area contributed by atoms with Gasteiger partial charge >= 0.3 is 11.4 Å². The van der Waals surface area contributed by atoms with Crippen molar-refractivity contribution in [2.24, 2.45) is 28.2 Å². The van der Waals surface area contributed by atoms with Crippen LogP contribution in [0.2, 0.25) is 0 Å². The molecule has 0 fully saturated rings. The first-order valence-electron chi connectivity index (χ1n) is 11.0. The number of aryl methyl sites for hydroxylation is 2. The number of rotatable bonds is 3. The first-order chi connectivity index (χ1) is 16.1. The lowest BCUT2D eigenvalue weighted by Gasteiger charge is -2.27. The minimum atomic E-state index is -0.589. The molecule has 4 aromatic heterocycles. The zero-order chi connectivity index (χ0) is 24.6. The molecule has 1 aliphatic carbocycles. The van der Waals surface area contributed by atoms with Crippen molar-refractivity contribution in [3.05, 3.63) is 64.3 Å². The fourth-order valence-corrected chi connectivity index (χ4v) is 4.86. The second-order valence-corrected chi connectivity index (χ2v) is 8.49. The van der Waals surface area contributed by atoms with Crippen molar-refractivity contribution >= 4 is 34.4 Å². The third kappa shape index (κ3) is 2.61. The van der Waals surface area contributed by atoms with Crippen molar-refractivity contribution in [3.8, 4) is 0 Å². The molecule has 0 aromatic carbocycles. The van der Waals surface area contributed by atoms with Crippen molar-refractivity contribution in [2.75, 3.05) is 13.1 Å². The summed E-state index contributed by atoms with van der Waals surface area (Å²) in [5, 5.41) is 0.561. The molecule has 11 nitrogen and oxygen atoms in total. The van der Waals surface area contributed by atoms with Crippen LogP contribution in [0.3, 0.4) is 0 Å². The van der Waals surface area contributed by atoms with E-state index in [1.54, 1.807) is 26.2 Å². The molecule has 0 saturated heterocycles. The van der Waals surface area contributed by atoms with Crippen molar-refractivity contribution in [3.63, 3.8) is 0 Å². The first kappa shape index (κ1) is 22.0. The predicted octanol–water partition coefficient (Wildman–Crippen LogP) is 0.889. The fourth-order valence-electron chi connectivity index (χ4n) is 4.86. The highest BCUT2D eigenvalue weighted by Gasteiger charge is 2.37. The van der Waals surface area contributed by atoms with E-state index in [1.807, 2.05) is 13.8 Å². The highest BCUT2D eigenvalue weighted by molar-refractivity contribution is 5.96. The molecule has 0 N–H and O–H groups in total. The van der Waals surface area contributed by atoms with Gasteiger partial charge in [0.2, 0.25) is 11.4 Å². The zero-order valence-electron chi connectivity index (χ0n) is 19.8. The summed E-state index contributed by atoms with van der Waals surface area (Å²) in [5.41, 5.74) is -0.514. The molecule has 0 radical (unpaired) electrons. The molecule has 0 spiro atoms. The van der Waals surface area contributed by atoms with E-state index in [0.717, 1.165) is 9.13 Å². The Bertz CT molecular complexity index is 1640. The minimum absolute atomic E-state index is 0.169. The molecule has 0 unspecified atom stereocenters. The maximum atomic E-state index is 13.1. The lowest BCUT2D eigenvalue weighted by Crippen LogP contribution is -2.36.